The van der Waals surface area contributed by atoms with Crippen molar-refractivity contribution in [3.05, 3.63) is 35.0 Å². The van der Waals surface area contributed by atoms with Crippen molar-refractivity contribution in [2.24, 2.45) is 0 Å². The summed E-state index contributed by atoms with van der Waals surface area (Å²) in [7, 11) is -0.380. The van der Waals surface area contributed by atoms with Gasteiger partial charge in [-0.3, -0.25) is 14.3 Å². The highest BCUT2D eigenvalue weighted by Crippen LogP contribution is 2.58. The van der Waals surface area contributed by atoms with Crippen LogP contribution in [0.15, 0.2) is 23.6 Å². The molecule has 2 bridgehead atoms. The van der Waals surface area contributed by atoms with Crippen molar-refractivity contribution in [3.8, 4) is 0 Å². The molecule has 4 aromatic heterocycles. The van der Waals surface area contributed by atoms with Crippen molar-refractivity contribution in [3.63, 3.8) is 0 Å². The molecule has 6 atom stereocenters. The van der Waals surface area contributed by atoms with Gasteiger partial charge in [0.2, 0.25) is 11.6 Å². The summed E-state index contributed by atoms with van der Waals surface area (Å²) in [5, 5.41) is 0. The standard InChI is InChI=1S/C18H20FN9O6P2S2/c19-11-9-4-31-35-30-2-1-27-10(24-8-3-21-6-22-14(8)27)5-32-36(37,38)34-13(11)17(33-9)28-7-23-12-15(28)25-18(20)26-16(12)29/h3,6-7,9,11,13,17,35H,1-2,4-5H2,(H,37,38)(H3,20,25,26,29)/t9-,11-,13-,17-/m1/s1. The first-order valence-electron chi connectivity index (χ1n) is 11.1. The fraction of sp³-hybridized carbons (Fsp3) is 0.444. The number of nitrogens with one attached hydrogen (secondary N) is 1. The van der Waals surface area contributed by atoms with E-state index in [1.54, 1.807) is 6.20 Å². The number of aromatic nitrogens is 8. The van der Waals surface area contributed by atoms with E-state index in [4.69, 9.17) is 40.4 Å². The summed E-state index contributed by atoms with van der Waals surface area (Å²) in [5.41, 5.74) is 3.02. The Morgan fingerprint density at radius 3 is 3.03 bits per heavy atom. The molecule has 0 aromatic carbocycles. The molecule has 2 aliphatic heterocycles. The molecule has 0 amide bonds. The first kappa shape index (κ1) is 26.1. The van der Waals surface area contributed by atoms with Gasteiger partial charge in [-0.2, -0.15) is 4.98 Å². The van der Waals surface area contributed by atoms with Crippen LogP contribution in [0.4, 0.5) is 10.3 Å². The number of ether oxygens (including phenoxy) is 1. The molecular weight excluding hydrogens is 583 g/mol. The normalized spacial score (nSPS) is 29.8. The van der Waals surface area contributed by atoms with Gasteiger partial charge in [-0.1, -0.05) is 12.2 Å². The van der Waals surface area contributed by atoms with E-state index in [9.17, 15) is 4.79 Å². The monoisotopic (exact) mass is 603 g/mol. The van der Waals surface area contributed by atoms with E-state index < -0.39 is 35.9 Å². The number of thiol groups is 1. The summed E-state index contributed by atoms with van der Waals surface area (Å²) >= 11 is 9.97. The minimum absolute atomic E-state index is 0.00256. The Morgan fingerprint density at radius 2 is 2.16 bits per heavy atom. The summed E-state index contributed by atoms with van der Waals surface area (Å²) in [6.45, 7) is 0.445. The second kappa shape index (κ2) is 10.4. The fourth-order valence-corrected chi connectivity index (χ4v) is 6.54. The predicted molar refractivity (Wildman–Crippen MR) is 140 cm³/mol. The zero-order valence-electron chi connectivity index (χ0n) is 19.2. The van der Waals surface area contributed by atoms with Gasteiger partial charge in [-0.25, -0.2) is 24.3 Å². The third-order valence-corrected chi connectivity index (χ3v) is 8.65. The van der Waals surface area contributed by atoms with E-state index in [0.717, 1.165) is 0 Å². The molecule has 20 heteroatoms. The van der Waals surface area contributed by atoms with Crippen molar-refractivity contribution in [1.82, 2.24) is 39.0 Å². The summed E-state index contributed by atoms with van der Waals surface area (Å²) in [6, 6.07) is 0. The topological polar surface area (TPSA) is 179 Å². The molecule has 0 aliphatic carbocycles. The number of imidazole rings is 2. The van der Waals surface area contributed by atoms with Crippen LogP contribution in [0.3, 0.4) is 0 Å². The molecule has 0 saturated carbocycles. The average molecular weight is 603 g/mol. The molecule has 6 rings (SSSR count). The molecule has 0 spiro atoms. The minimum Gasteiger partial charge on any atom is -0.369 e. The SMILES string of the molecule is Nc1nc2c(ncn2[C@@H]2O[C@@H]3COPOCCn4c(nc5cncnc54)COP(=S)(S)O[C@@H]2[C@@H]3F)c(=O)[nH]1. The molecule has 38 heavy (non-hydrogen) atoms. The smallest absolute Gasteiger partial charge is 0.280 e. The molecule has 1 fully saturated rings. The highest BCUT2D eigenvalue weighted by atomic mass is 32.9. The molecule has 202 valence electrons. The summed E-state index contributed by atoms with van der Waals surface area (Å²) < 4.78 is 47.9. The van der Waals surface area contributed by atoms with E-state index in [2.05, 4.69) is 42.2 Å². The maximum absolute atomic E-state index is 15.7. The van der Waals surface area contributed by atoms with Crippen LogP contribution >= 0.6 is 27.0 Å². The lowest BCUT2D eigenvalue weighted by molar-refractivity contribution is -0.0417. The van der Waals surface area contributed by atoms with Crippen molar-refractivity contribution in [2.45, 2.75) is 37.8 Å². The number of H-pyrrole nitrogens is 1. The second-order valence-electron chi connectivity index (χ2n) is 8.25. The number of hydrogen-bond acceptors (Lipinski definition) is 13. The number of nitrogens with zero attached hydrogens (tertiary/aromatic N) is 7. The van der Waals surface area contributed by atoms with E-state index >= 15 is 4.39 Å². The number of fused-ring (bicyclic) bond motifs is 6. The molecule has 15 nitrogen and oxygen atoms in total. The molecule has 0 radical (unpaired) electrons. The first-order valence-corrected chi connectivity index (χ1v) is 15.7. The van der Waals surface area contributed by atoms with Gasteiger partial charge in [0.1, 0.15) is 36.5 Å². The summed E-state index contributed by atoms with van der Waals surface area (Å²) in [6.07, 6.45) is -0.904. The third kappa shape index (κ3) is 4.96. The van der Waals surface area contributed by atoms with Gasteiger partial charge in [0.25, 0.3) is 5.56 Å². The number of aromatic amines is 1. The quantitative estimate of drug-likeness (QED) is 0.210. The van der Waals surface area contributed by atoms with E-state index in [1.807, 2.05) is 4.57 Å². The van der Waals surface area contributed by atoms with E-state index in [0.29, 0.717) is 23.5 Å². The van der Waals surface area contributed by atoms with Crippen LogP contribution < -0.4 is 11.3 Å². The zero-order chi connectivity index (χ0) is 26.4. The number of anilines is 1. The van der Waals surface area contributed by atoms with Crippen molar-refractivity contribution in [2.75, 3.05) is 18.9 Å². The number of alkyl halides is 1. The summed E-state index contributed by atoms with van der Waals surface area (Å²) in [4.78, 5) is 35.7. The van der Waals surface area contributed by atoms with Gasteiger partial charge in [0, 0.05) is 6.54 Å². The zero-order valence-corrected chi connectivity index (χ0v) is 22.8. The Bertz CT molecular complexity index is 1600. The number of rotatable bonds is 1. The van der Waals surface area contributed by atoms with Crippen LogP contribution in [0, 0.1) is 0 Å². The van der Waals surface area contributed by atoms with Gasteiger partial charge >= 0.3 is 0 Å². The molecule has 3 N–H and O–H groups in total. The Kier molecular flexibility index (Phi) is 7.17. The van der Waals surface area contributed by atoms with E-state index in [-0.39, 0.29) is 46.0 Å². The van der Waals surface area contributed by atoms with Crippen LogP contribution in [0.2, 0.25) is 0 Å². The molecule has 2 unspecified atom stereocenters. The van der Waals surface area contributed by atoms with Crippen LogP contribution in [0.5, 0.6) is 0 Å². The first-order chi connectivity index (χ1) is 18.3. The number of nitrogens with two attached hydrogens (primary N) is 1. The number of hydrogen-bond donors (Lipinski definition) is 3. The minimum atomic E-state index is -3.37. The summed E-state index contributed by atoms with van der Waals surface area (Å²) in [5.74, 6) is 0.350. The lowest BCUT2D eigenvalue weighted by atomic mass is 10.1. The van der Waals surface area contributed by atoms with Crippen LogP contribution in [0.25, 0.3) is 22.3 Å². The Morgan fingerprint density at radius 1 is 1.29 bits per heavy atom. The fourth-order valence-electron chi connectivity index (χ4n) is 4.22. The van der Waals surface area contributed by atoms with Gasteiger partial charge in [0.15, 0.2) is 38.2 Å². The van der Waals surface area contributed by atoms with Gasteiger partial charge in [0.05, 0.1) is 25.7 Å². The number of halogens is 1. The largest absolute Gasteiger partial charge is 0.369 e. The highest BCUT2D eigenvalue weighted by Gasteiger charge is 2.49. The van der Waals surface area contributed by atoms with Crippen molar-refractivity contribution < 1.29 is 27.2 Å². The Hall–Kier alpha value is -2.14. The van der Waals surface area contributed by atoms with Gasteiger partial charge in [-0.05, 0) is 11.8 Å². The Balaban J connectivity index is 1.34. The lowest BCUT2D eigenvalue weighted by Crippen LogP contribution is -2.31. The lowest BCUT2D eigenvalue weighted by Gasteiger charge is -2.26. The van der Waals surface area contributed by atoms with Crippen LogP contribution in [0.1, 0.15) is 12.1 Å². The predicted octanol–water partition coefficient (Wildman–Crippen LogP) is 1.39. The Labute approximate surface area is 224 Å². The average Bonchev–Trinajstić information content (AvgIpc) is 3.54. The van der Waals surface area contributed by atoms with Gasteiger partial charge < -0.3 is 33.1 Å². The van der Waals surface area contributed by atoms with Crippen molar-refractivity contribution >= 4 is 67.1 Å². The molecule has 6 heterocycles. The number of nitrogen functional groups attached to an aromatic ring is 1. The molecule has 2 aliphatic rings. The van der Waals surface area contributed by atoms with Crippen molar-refractivity contribution in [1.29, 1.82) is 0 Å². The van der Waals surface area contributed by atoms with E-state index in [1.165, 1.54) is 17.2 Å². The van der Waals surface area contributed by atoms with Gasteiger partial charge in [-0.15, -0.1) is 0 Å². The highest BCUT2D eigenvalue weighted by molar-refractivity contribution is 8.60. The third-order valence-electron chi connectivity index (χ3n) is 5.87. The van der Waals surface area contributed by atoms with Crippen LogP contribution in [-0.4, -0.2) is 70.6 Å². The van der Waals surface area contributed by atoms with Crippen LogP contribution in [-0.2, 0) is 47.8 Å². The molecule has 1 saturated heterocycles. The maximum atomic E-state index is 15.7. The molecule has 4 aromatic rings. The molecular formula is C18H20FN9O6P2S2. The maximum Gasteiger partial charge on any atom is 0.280 e. The second-order valence-corrected chi connectivity index (χ2v) is 14.2.